The predicted molar refractivity (Wildman–Crippen MR) is 82.1 cm³/mol. The smallest absolute Gasteiger partial charge is 0.269 e. The minimum absolute atomic E-state index is 0.122. The quantitative estimate of drug-likeness (QED) is 0.732. The normalized spacial score (nSPS) is 10.3. The highest BCUT2D eigenvalue weighted by Gasteiger charge is 2.06. The van der Waals surface area contributed by atoms with Crippen LogP contribution < -0.4 is 10.6 Å². The van der Waals surface area contributed by atoms with Gasteiger partial charge in [0.25, 0.3) is 5.91 Å². The summed E-state index contributed by atoms with van der Waals surface area (Å²) in [5, 5.41) is 6.06. The lowest BCUT2D eigenvalue weighted by molar-refractivity contribution is 0.0948. The molecule has 0 aromatic carbocycles. The summed E-state index contributed by atoms with van der Waals surface area (Å²) < 4.78 is 5.23. The maximum absolute atomic E-state index is 11.9. The minimum Gasteiger partial charge on any atom is -0.467 e. The van der Waals surface area contributed by atoms with Gasteiger partial charge in [-0.15, -0.1) is 0 Å². The first-order valence-electron chi connectivity index (χ1n) is 7.30. The van der Waals surface area contributed by atoms with E-state index in [-0.39, 0.29) is 5.91 Å². The van der Waals surface area contributed by atoms with Gasteiger partial charge in [0, 0.05) is 6.54 Å². The molecule has 2 rings (SSSR count). The molecule has 0 aliphatic heterocycles. The van der Waals surface area contributed by atoms with Crippen molar-refractivity contribution in [3.8, 4) is 0 Å². The van der Waals surface area contributed by atoms with Crippen LogP contribution in [0.25, 0.3) is 0 Å². The van der Waals surface area contributed by atoms with Crippen molar-refractivity contribution in [2.24, 2.45) is 0 Å². The molecule has 0 saturated carbocycles. The number of hydrogen-bond donors (Lipinski definition) is 2. The van der Waals surface area contributed by atoms with Gasteiger partial charge in [0.2, 0.25) is 0 Å². The third-order valence-electron chi connectivity index (χ3n) is 3.11. The molecule has 2 heterocycles. The van der Waals surface area contributed by atoms with Gasteiger partial charge >= 0.3 is 0 Å². The molecule has 2 N–H and O–H groups in total. The number of rotatable bonds is 8. The molecule has 0 aliphatic rings. The van der Waals surface area contributed by atoms with E-state index < -0.39 is 0 Å². The molecule has 0 bridgehead atoms. The summed E-state index contributed by atoms with van der Waals surface area (Å²) in [7, 11) is 0. The molecular formula is C16H21N3O2. The van der Waals surface area contributed by atoms with Crippen molar-refractivity contribution in [2.75, 3.05) is 11.9 Å². The number of nitrogens with zero attached hydrogens (tertiary/aromatic N) is 1. The number of furan rings is 1. The molecule has 5 heteroatoms. The molecule has 0 aliphatic carbocycles. The molecule has 0 unspecified atom stereocenters. The predicted octanol–water partition coefficient (Wildman–Crippen LogP) is 3.21. The van der Waals surface area contributed by atoms with E-state index in [2.05, 4.69) is 22.5 Å². The lowest BCUT2D eigenvalue weighted by Crippen LogP contribution is -2.25. The molecule has 0 saturated heterocycles. The van der Waals surface area contributed by atoms with E-state index in [1.54, 1.807) is 18.5 Å². The van der Waals surface area contributed by atoms with E-state index in [1.807, 2.05) is 18.2 Å². The van der Waals surface area contributed by atoms with E-state index in [4.69, 9.17) is 4.42 Å². The average molecular weight is 287 g/mol. The Morgan fingerprint density at radius 3 is 2.86 bits per heavy atom. The third kappa shape index (κ3) is 4.95. The fourth-order valence-electron chi connectivity index (χ4n) is 1.90. The van der Waals surface area contributed by atoms with E-state index in [1.165, 1.54) is 0 Å². The van der Waals surface area contributed by atoms with Crippen LogP contribution in [0.5, 0.6) is 0 Å². The average Bonchev–Trinajstić information content (AvgIpc) is 3.03. The van der Waals surface area contributed by atoms with Crippen molar-refractivity contribution < 1.29 is 9.21 Å². The van der Waals surface area contributed by atoms with Gasteiger partial charge in [-0.3, -0.25) is 4.79 Å². The summed E-state index contributed by atoms with van der Waals surface area (Å²) >= 11 is 0. The zero-order valence-electron chi connectivity index (χ0n) is 12.3. The van der Waals surface area contributed by atoms with E-state index in [0.29, 0.717) is 18.8 Å². The van der Waals surface area contributed by atoms with Crippen LogP contribution >= 0.6 is 0 Å². The molecule has 0 fully saturated rings. The Labute approximate surface area is 124 Å². The summed E-state index contributed by atoms with van der Waals surface area (Å²) in [5.74, 6) is 0.733. The SMILES string of the molecule is CCCCCNC(=O)c1ccc(NCc2ccco2)cn1. The summed E-state index contributed by atoms with van der Waals surface area (Å²) in [4.78, 5) is 16.0. The topological polar surface area (TPSA) is 67.2 Å². The fraction of sp³-hybridized carbons (Fsp3) is 0.375. The number of anilines is 1. The highest BCUT2D eigenvalue weighted by molar-refractivity contribution is 5.92. The Bertz CT molecular complexity index is 535. The Hall–Kier alpha value is -2.30. The number of nitrogens with one attached hydrogen (secondary N) is 2. The Balaban J connectivity index is 1.79. The maximum atomic E-state index is 11.9. The zero-order chi connectivity index (χ0) is 14.9. The van der Waals surface area contributed by atoms with E-state index in [9.17, 15) is 4.79 Å². The van der Waals surface area contributed by atoms with Crippen molar-refractivity contribution in [1.82, 2.24) is 10.3 Å². The molecule has 0 spiro atoms. The number of unbranched alkanes of at least 4 members (excludes halogenated alkanes) is 2. The first-order valence-corrected chi connectivity index (χ1v) is 7.30. The number of aromatic nitrogens is 1. The van der Waals surface area contributed by atoms with Crippen LogP contribution in [0.1, 0.15) is 42.4 Å². The molecule has 5 nitrogen and oxygen atoms in total. The molecule has 21 heavy (non-hydrogen) atoms. The molecule has 1 amide bonds. The number of pyridine rings is 1. The van der Waals surface area contributed by atoms with Crippen LogP contribution in [0.3, 0.4) is 0 Å². The van der Waals surface area contributed by atoms with E-state index >= 15 is 0 Å². The van der Waals surface area contributed by atoms with Gasteiger partial charge < -0.3 is 15.1 Å². The molecule has 2 aromatic rings. The fourth-order valence-corrected chi connectivity index (χ4v) is 1.90. The van der Waals surface area contributed by atoms with Gasteiger partial charge in [0.15, 0.2) is 0 Å². The molecule has 0 atom stereocenters. The number of carbonyl (C=O) groups excluding carboxylic acids is 1. The minimum atomic E-state index is -0.122. The van der Waals surface area contributed by atoms with Crippen molar-refractivity contribution in [1.29, 1.82) is 0 Å². The summed E-state index contributed by atoms with van der Waals surface area (Å²) in [6, 6.07) is 7.32. The highest BCUT2D eigenvalue weighted by atomic mass is 16.3. The van der Waals surface area contributed by atoms with Gasteiger partial charge in [0.05, 0.1) is 24.7 Å². The lowest BCUT2D eigenvalue weighted by Gasteiger charge is -2.06. The van der Waals surface area contributed by atoms with Gasteiger partial charge in [-0.2, -0.15) is 0 Å². The van der Waals surface area contributed by atoms with Crippen molar-refractivity contribution in [3.63, 3.8) is 0 Å². The second-order valence-electron chi connectivity index (χ2n) is 4.83. The lowest BCUT2D eigenvalue weighted by atomic mass is 10.2. The number of amides is 1. The second kappa shape index (κ2) is 8.09. The standard InChI is InChI=1S/C16H21N3O2/c1-2-3-4-9-17-16(20)15-8-7-13(11-19-15)18-12-14-6-5-10-21-14/h5-8,10-11,18H,2-4,9,12H2,1H3,(H,17,20). The highest BCUT2D eigenvalue weighted by Crippen LogP contribution is 2.09. The van der Waals surface area contributed by atoms with Crippen molar-refractivity contribution in [3.05, 3.63) is 48.2 Å². The first kappa shape index (κ1) is 15.1. The molecular weight excluding hydrogens is 266 g/mol. The Kier molecular flexibility index (Phi) is 5.82. The largest absolute Gasteiger partial charge is 0.467 e. The summed E-state index contributed by atoms with van der Waals surface area (Å²) in [6.45, 7) is 3.43. The molecule has 112 valence electrons. The van der Waals surface area contributed by atoms with Crippen molar-refractivity contribution >= 4 is 11.6 Å². The van der Waals surface area contributed by atoms with Gasteiger partial charge in [0.1, 0.15) is 11.5 Å². The Morgan fingerprint density at radius 2 is 2.19 bits per heavy atom. The summed E-state index contributed by atoms with van der Waals surface area (Å²) in [5.41, 5.74) is 1.30. The second-order valence-corrected chi connectivity index (χ2v) is 4.83. The number of carbonyl (C=O) groups is 1. The van der Waals surface area contributed by atoms with Crippen LogP contribution in [0.4, 0.5) is 5.69 Å². The molecule has 0 radical (unpaired) electrons. The van der Waals surface area contributed by atoms with Gasteiger partial charge in [-0.1, -0.05) is 19.8 Å². The number of hydrogen-bond acceptors (Lipinski definition) is 4. The van der Waals surface area contributed by atoms with Crippen molar-refractivity contribution in [2.45, 2.75) is 32.7 Å². The zero-order valence-corrected chi connectivity index (χ0v) is 12.3. The van der Waals surface area contributed by atoms with Gasteiger partial charge in [-0.25, -0.2) is 4.98 Å². The molecule has 2 aromatic heterocycles. The van der Waals surface area contributed by atoms with E-state index in [0.717, 1.165) is 30.7 Å². The van der Waals surface area contributed by atoms with Crippen LogP contribution in [0.15, 0.2) is 41.1 Å². The maximum Gasteiger partial charge on any atom is 0.269 e. The van der Waals surface area contributed by atoms with Crippen LogP contribution in [-0.4, -0.2) is 17.4 Å². The van der Waals surface area contributed by atoms with Crippen LogP contribution in [-0.2, 0) is 6.54 Å². The monoisotopic (exact) mass is 287 g/mol. The van der Waals surface area contributed by atoms with Gasteiger partial charge in [-0.05, 0) is 30.7 Å². The third-order valence-corrected chi connectivity index (χ3v) is 3.11. The summed E-state index contributed by atoms with van der Waals surface area (Å²) in [6.07, 6.45) is 6.57. The van der Waals surface area contributed by atoms with Crippen LogP contribution in [0.2, 0.25) is 0 Å². The Morgan fingerprint density at radius 1 is 1.29 bits per heavy atom. The van der Waals surface area contributed by atoms with Crippen LogP contribution in [0, 0.1) is 0 Å². The first-order chi connectivity index (χ1) is 10.3.